The van der Waals surface area contributed by atoms with Crippen LogP contribution in [0.4, 0.5) is 11.6 Å². The Morgan fingerprint density at radius 2 is 2.10 bits per heavy atom. The number of nitrogens with zero attached hydrogens (tertiary/aromatic N) is 4. The molecule has 0 aromatic carbocycles. The SMILES string of the molecule is CCCc1nc(NCC)cc(N2CCCN(C)C(=O)C2)n1. The zero-order valence-electron chi connectivity index (χ0n) is 13.2. The maximum Gasteiger partial charge on any atom is 0.241 e. The van der Waals surface area contributed by atoms with E-state index < -0.39 is 0 Å². The molecule has 1 fully saturated rings. The molecule has 1 aliphatic rings. The van der Waals surface area contributed by atoms with Gasteiger partial charge in [0.05, 0.1) is 6.54 Å². The van der Waals surface area contributed by atoms with Gasteiger partial charge in [-0.2, -0.15) is 0 Å². The molecule has 1 aromatic rings. The zero-order valence-corrected chi connectivity index (χ0v) is 13.2. The van der Waals surface area contributed by atoms with Crippen molar-refractivity contribution < 1.29 is 4.79 Å². The molecule has 0 aliphatic carbocycles. The Morgan fingerprint density at radius 1 is 1.29 bits per heavy atom. The first-order valence-electron chi connectivity index (χ1n) is 7.74. The third-order valence-electron chi connectivity index (χ3n) is 3.59. The first-order valence-corrected chi connectivity index (χ1v) is 7.74. The third kappa shape index (κ3) is 4.06. The van der Waals surface area contributed by atoms with Crippen LogP contribution >= 0.6 is 0 Å². The quantitative estimate of drug-likeness (QED) is 0.891. The van der Waals surface area contributed by atoms with Gasteiger partial charge in [-0.05, 0) is 19.8 Å². The summed E-state index contributed by atoms with van der Waals surface area (Å²) in [6.45, 7) is 7.04. The molecule has 2 rings (SSSR count). The van der Waals surface area contributed by atoms with Crippen molar-refractivity contribution in [1.82, 2.24) is 14.9 Å². The van der Waals surface area contributed by atoms with E-state index in [9.17, 15) is 4.79 Å². The van der Waals surface area contributed by atoms with E-state index in [2.05, 4.69) is 27.1 Å². The number of likely N-dealkylation sites (N-methyl/N-ethyl adjacent to an activating group) is 1. The summed E-state index contributed by atoms with van der Waals surface area (Å²) >= 11 is 0. The summed E-state index contributed by atoms with van der Waals surface area (Å²) in [5, 5.41) is 3.25. The van der Waals surface area contributed by atoms with Gasteiger partial charge in [-0.25, -0.2) is 9.97 Å². The number of rotatable bonds is 5. The zero-order chi connectivity index (χ0) is 15.2. The smallest absolute Gasteiger partial charge is 0.241 e. The topological polar surface area (TPSA) is 61.4 Å². The van der Waals surface area contributed by atoms with E-state index in [-0.39, 0.29) is 5.91 Å². The molecular weight excluding hydrogens is 266 g/mol. The molecule has 6 heteroatoms. The molecule has 2 heterocycles. The van der Waals surface area contributed by atoms with Crippen molar-refractivity contribution in [2.75, 3.05) is 43.4 Å². The minimum absolute atomic E-state index is 0.146. The van der Waals surface area contributed by atoms with Crippen molar-refractivity contribution in [2.24, 2.45) is 0 Å². The molecule has 1 aliphatic heterocycles. The van der Waals surface area contributed by atoms with Crippen LogP contribution in [0.1, 0.15) is 32.5 Å². The predicted molar refractivity (Wildman–Crippen MR) is 84.7 cm³/mol. The normalized spacial score (nSPS) is 16.0. The van der Waals surface area contributed by atoms with Crippen LogP contribution < -0.4 is 10.2 Å². The predicted octanol–water partition coefficient (Wildman–Crippen LogP) is 1.53. The molecule has 21 heavy (non-hydrogen) atoms. The third-order valence-corrected chi connectivity index (χ3v) is 3.59. The largest absolute Gasteiger partial charge is 0.370 e. The Morgan fingerprint density at radius 3 is 2.81 bits per heavy atom. The van der Waals surface area contributed by atoms with E-state index in [4.69, 9.17) is 0 Å². The van der Waals surface area contributed by atoms with Gasteiger partial charge < -0.3 is 15.1 Å². The van der Waals surface area contributed by atoms with Crippen molar-refractivity contribution in [1.29, 1.82) is 0 Å². The van der Waals surface area contributed by atoms with Gasteiger partial charge in [-0.15, -0.1) is 0 Å². The minimum Gasteiger partial charge on any atom is -0.370 e. The van der Waals surface area contributed by atoms with Gasteiger partial charge >= 0.3 is 0 Å². The molecule has 0 unspecified atom stereocenters. The molecule has 1 aromatic heterocycles. The van der Waals surface area contributed by atoms with Crippen LogP contribution in [-0.4, -0.2) is 54.0 Å². The highest BCUT2D eigenvalue weighted by Gasteiger charge is 2.20. The average Bonchev–Trinajstić information content (AvgIpc) is 2.62. The van der Waals surface area contributed by atoms with Crippen molar-refractivity contribution in [3.63, 3.8) is 0 Å². The molecule has 116 valence electrons. The molecular formula is C15H25N5O. The lowest BCUT2D eigenvalue weighted by molar-refractivity contribution is -0.127. The second-order valence-corrected chi connectivity index (χ2v) is 5.40. The summed E-state index contributed by atoms with van der Waals surface area (Å²) in [6, 6.07) is 1.95. The van der Waals surface area contributed by atoms with Crippen LogP contribution in [0.5, 0.6) is 0 Å². The van der Waals surface area contributed by atoms with Gasteiger partial charge in [0.1, 0.15) is 17.5 Å². The van der Waals surface area contributed by atoms with Crippen molar-refractivity contribution in [3.05, 3.63) is 11.9 Å². The molecule has 1 saturated heterocycles. The summed E-state index contributed by atoms with van der Waals surface area (Å²) in [4.78, 5) is 25.1. The summed E-state index contributed by atoms with van der Waals surface area (Å²) in [5.74, 6) is 2.69. The van der Waals surface area contributed by atoms with Crippen LogP contribution in [0.25, 0.3) is 0 Å². The van der Waals surface area contributed by atoms with Gasteiger partial charge in [0.15, 0.2) is 0 Å². The van der Waals surface area contributed by atoms with Crippen LogP contribution in [0, 0.1) is 0 Å². The van der Waals surface area contributed by atoms with E-state index in [1.54, 1.807) is 4.90 Å². The summed E-state index contributed by atoms with van der Waals surface area (Å²) in [5.41, 5.74) is 0. The summed E-state index contributed by atoms with van der Waals surface area (Å²) < 4.78 is 0. The highest BCUT2D eigenvalue weighted by Crippen LogP contribution is 2.18. The van der Waals surface area contributed by atoms with Crippen molar-refractivity contribution >= 4 is 17.5 Å². The van der Waals surface area contributed by atoms with Crippen LogP contribution in [0.15, 0.2) is 6.07 Å². The number of amides is 1. The maximum atomic E-state index is 12.0. The molecule has 0 atom stereocenters. The van der Waals surface area contributed by atoms with E-state index >= 15 is 0 Å². The molecule has 1 amide bonds. The fourth-order valence-electron chi connectivity index (χ4n) is 2.43. The first kappa shape index (κ1) is 15.5. The van der Waals surface area contributed by atoms with Crippen LogP contribution in [-0.2, 0) is 11.2 Å². The van der Waals surface area contributed by atoms with Crippen molar-refractivity contribution in [2.45, 2.75) is 33.1 Å². The number of carbonyl (C=O) groups excluding carboxylic acids is 1. The number of nitrogens with one attached hydrogen (secondary N) is 1. The van der Waals surface area contributed by atoms with Gasteiger partial charge in [0.25, 0.3) is 0 Å². The number of aryl methyl sites for hydroxylation is 1. The molecule has 0 saturated carbocycles. The Hall–Kier alpha value is -1.85. The molecule has 0 radical (unpaired) electrons. The second-order valence-electron chi connectivity index (χ2n) is 5.40. The lowest BCUT2D eigenvalue weighted by Crippen LogP contribution is -2.35. The lowest BCUT2D eigenvalue weighted by Gasteiger charge is -2.22. The van der Waals surface area contributed by atoms with E-state index in [1.165, 1.54) is 0 Å². The Bertz CT molecular complexity index is 467. The molecule has 0 bridgehead atoms. The number of carbonyl (C=O) groups is 1. The van der Waals surface area contributed by atoms with Crippen LogP contribution in [0.3, 0.4) is 0 Å². The van der Waals surface area contributed by atoms with Gasteiger partial charge in [-0.1, -0.05) is 6.92 Å². The Kier molecular flexibility index (Phi) is 5.36. The summed E-state index contributed by atoms with van der Waals surface area (Å²) in [6.07, 6.45) is 2.83. The number of anilines is 2. The highest BCUT2D eigenvalue weighted by molar-refractivity contribution is 5.81. The average molecular weight is 291 g/mol. The molecule has 6 nitrogen and oxygen atoms in total. The Labute approximate surface area is 126 Å². The Balaban J connectivity index is 2.25. The van der Waals surface area contributed by atoms with E-state index in [0.29, 0.717) is 6.54 Å². The summed E-state index contributed by atoms with van der Waals surface area (Å²) in [7, 11) is 1.86. The van der Waals surface area contributed by atoms with Crippen molar-refractivity contribution in [3.8, 4) is 0 Å². The maximum absolute atomic E-state index is 12.0. The van der Waals surface area contributed by atoms with Gasteiger partial charge in [-0.3, -0.25) is 4.79 Å². The number of aromatic nitrogens is 2. The minimum atomic E-state index is 0.146. The number of hydrogen-bond donors (Lipinski definition) is 1. The number of hydrogen-bond acceptors (Lipinski definition) is 5. The van der Waals surface area contributed by atoms with E-state index in [0.717, 1.165) is 56.4 Å². The highest BCUT2D eigenvalue weighted by atomic mass is 16.2. The lowest BCUT2D eigenvalue weighted by atomic mass is 10.3. The standard InChI is InChI=1S/C15H25N5O/c1-4-7-12-17-13(16-5-2)10-14(18-12)20-9-6-8-19(3)15(21)11-20/h10H,4-9,11H2,1-3H3,(H,16,17,18). The molecule has 0 spiro atoms. The van der Waals surface area contributed by atoms with Gasteiger partial charge in [0, 0.05) is 39.2 Å². The van der Waals surface area contributed by atoms with Crippen LogP contribution in [0.2, 0.25) is 0 Å². The first-order chi connectivity index (χ1) is 10.1. The van der Waals surface area contributed by atoms with Gasteiger partial charge in [0.2, 0.25) is 5.91 Å². The molecule has 1 N–H and O–H groups in total. The fraction of sp³-hybridized carbons (Fsp3) is 0.667. The monoisotopic (exact) mass is 291 g/mol. The fourth-order valence-corrected chi connectivity index (χ4v) is 2.43. The second kappa shape index (κ2) is 7.24. The van der Waals surface area contributed by atoms with E-state index in [1.807, 2.05) is 20.0 Å².